The van der Waals surface area contributed by atoms with Gasteiger partial charge in [-0.3, -0.25) is 0 Å². The van der Waals surface area contributed by atoms with E-state index < -0.39 is 0 Å². The lowest BCUT2D eigenvalue weighted by atomic mass is 10.0. The minimum atomic E-state index is 0.337. The Kier molecular flexibility index (Phi) is 4.00. The van der Waals surface area contributed by atoms with Crippen molar-refractivity contribution in [2.24, 2.45) is 0 Å². The average Bonchev–Trinajstić information content (AvgIpc) is 2.95. The van der Waals surface area contributed by atoms with Crippen LogP contribution in [0.3, 0.4) is 0 Å². The summed E-state index contributed by atoms with van der Waals surface area (Å²) in [6, 6.07) is 15.0. The molecule has 3 rings (SSSR count). The van der Waals surface area contributed by atoms with E-state index in [1.807, 2.05) is 6.07 Å². The maximum absolute atomic E-state index is 5.42. The Hall–Kier alpha value is -2.16. The first-order valence-corrected chi connectivity index (χ1v) is 7.43. The summed E-state index contributed by atoms with van der Waals surface area (Å²) in [4.78, 5) is 0. The highest BCUT2D eigenvalue weighted by atomic mass is 16.7. The maximum atomic E-state index is 5.42. The summed E-state index contributed by atoms with van der Waals surface area (Å²) in [6.45, 7) is 4.69. The summed E-state index contributed by atoms with van der Waals surface area (Å²) in [7, 11) is 0. The molecule has 1 aliphatic heterocycles. The van der Waals surface area contributed by atoms with Gasteiger partial charge in [0.15, 0.2) is 11.5 Å². The standard InChI is InChI=1S/C18H21NO2/c1-13-5-3-4-6-16(13)19-14(2)7-8-15-9-10-17-18(11-15)21-12-20-17/h3-6,9-11,14,19H,7-8,12H2,1-2H3. The first-order valence-electron chi connectivity index (χ1n) is 7.43. The molecule has 0 saturated heterocycles. The molecule has 0 saturated carbocycles. The molecule has 0 fully saturated rings. The monoisotopic (exact) mass is 283 g/mol. The van der Waals surface area contributed by atoms with E-state index in [2.05, 4.69) is 55.6 Å². The number of hydrogen-bond donors (Lipinski definition) is 1. The molecule has 1 atom stereocenters. The zero-order valence-corrected chi connectivity index (χ0v) is 12.6. The van der Waals surface area contributed by atoms with Gasteiger partial charge < -0.3 is 14.8 Å². The van der Waals surface area contributed by atoms with Crippen LogP contribution < -0.4 is 14.8 Å². The summed E-state index contributed by atoms with van der Waals surface area (Å²) in [5.41, 5.74) is 3.79. The van der Waals surface area contributed by atoms with Crippen molar-refractivity contribution in [3.8, 4) is 11.5 Å². The normalized spacial score (nSPS) is 14.0. The molecule has 1 unspecified atom stereocenters. The molecule has 1 aliphatic rings. The van der Waals surface area contributed by atoms with E-state index in [1.54, 1.807) is 0 Å². The van der Waals surface area contributed by atoms with Crippen LogP contribution in [-0.4, -0.2) is 12.8 Å². The van der Waals surface area contributed by atoms with Gasteiger partial charge in [0.25, 0.3) is 0 Å². The van der Waals surface area contributed by atoms with Gasteiger partial charge in [-0.1, -0.05) is 24.3 Å². The van der Waals surface area contributed by atoms with Gasteiger partial charge in [-0.15, -0.1) is 0 Å². The lowest BCUT2D eigenvalue weighted by molar-refractivity contribution is 0.174. The lowest BCUT2D eigenvalue weighted by Crippen LogP contribution is -2.16. The van der Waals surface area contributed by atoms with E-state index >= 15 is 0 Å². The Balaban J connectivity index is 1.56. The zero-order chi connectivity index (χ0) is 14.7. The van der Waals surface area contributed by atoms with Crippen LogP contribution in [0.15, 0.2) is 42.5 Å². The van der Waals surface area contributed by atoms with Crippen LogP contribution in [0.1, 0.15) is 24.5 Å². The van der Waals surface area contributed by atoms with E-state index in [0.717, 1.165) is 24.3 Å². The molecule has 0 aromatic heterocycles. The molecule has 2 aromatic carbocycles. The molecular formula is C18H21NO2. The number of para-hydroxylation sites is 1. The van der Waals surface area contributed by atoms with Crippen molar-refractivity contribution >= 4 is 5.69 Å². The van der Waals surface area contributed by atoms with Crippen molar-refractivity contribution in [2.75, 3.05) is 12.1 Å². The van der Waals surface area contributed by atoms with Gasteiger partial charge in [0.2, 0.25) is 6.79 Å². The van der Waals surface area contributed by atoms with Crippen molar-refractivity contribution in [1.82, 2.24) is 0 Å². The lowest BCUT2D eigenvalue weighted by Gasteiger charge is -2.17. The average molecular weight is 283 g/mol. The number of ether oxygens (including phenoxy) is 2. The number of aryl methyl sites for hydroxylation is 2. The van der Waals surface area contributed by atoms with Crippen molar-refractivity contribution in [1.29, 1.82) is 0 Å². The third-order valence-electron chi connectivity index (χ3n) is 3.85. The molecule has 0 bridgehead atoms. The Labute approximate surface area is 125 Å². The van der Waals surface area contributed by atoms with E-state index in [0.29, 0.717) is 12.8 Å². The van der Waals surface area contributed by atoms with Crippen molar-refractivity contribution in [2.45, 2.75) is 32.7 Å². The second kappa shape index (κ2) is 6.08. The smallest absolute Gasteiger partial charge is 0.231 e. The minimum absolute atomic E-state index is 0.337. The van der Waals surface area contributed by atoms with E-state index in [-0.39, 0.29) is 0 Å². The molecule has 21 heavy (non-hydrogen) atoms. The Morgan fingerprint density at radius 3 is 2.76 bits per heavy atom. The highest BCUT2D eigenvalue weighted by molar-refractivity contribution is 5.51. The van der Waals surface area contributed by atoms with Gasteiger partial charge in [-0.05, 0) is 56.0 Å². The Morgan fingerprint density at radius 1 is 1.10 bits per heavy atom. The summed E-state index contributed by atoms with van der Waals surface area (Å²) >= 11 is 0. The molecule has 3 heteroatoms. The first kappa shape index (κ1) is 13.8. The topological polar surface area (TPSA) is 30.5 Å². The number of benzene rings is 2. The number of hydrogen-bond acceptors (Lipinski definition) is 3. The summed E-state index contributed by atoms with van der Waals surface area (Å²) < 4.78 is 10.8. The molecular weight excluding hydrogens is 262 g/mol. The third kappa shape index (κ3) is 3.30. The van der Waals surface area contributed by atoms with Crippen LogP contribution >= 0.6 is 0 Å². The van der Waals surface area contributed by atoms with Crippen molar-refractivity contribution in [3.63, 3.8) is 0 Å². The number of rotatable bonds is 5. The van der Waals surface area contributed by atoms with Gasteiger partial charge in [-0.25, -0.2) is 0 Å². The predicted molar refractivity (Wildman–Crippen MR) is 85.1 cm³/mol. The van der Waals surface area contributed by atoms with Crippen LogP contribution in [0, 0.1) is 6.92 Å². The third-order valence-corrected chi connectivity index (χ3v) is 3.85. The van der Waals surface area contributed by atoms with Crippen LogP contribution in [0.25, 0.3) is 0 Å². The highest BCUT2D eigenvalue weighted by Crippen LogP contribution is 2.32. The van der Waals surface area contributed by atoms with Gasteiger partial charge in [0, 0.05) is 11.7 Å². The SMILES string of the molecule is Cc1ccccc1NC(C)CCc1ccc2c(c1)OCO2. The zero-order valence-electron chi connectivity index (χ0n) is 12.6. The largest absolute Gasteiger partial charge is 0.454 e. The van der Waals surface area contributed by atoms with Gasteiger partial charge in [0.1, 0.15) is 0 Å². The highest BCUT2D eigenvalue weighted by Gasteiger charge is 2.13. The summed E-state index contributed by atoms with van der Waals surface area (Å²) in [5.74, 6) is 1.72. The van der Waals surface area contributed by atoms with Gasteiger partial charge in [-0.2, -0.15) is 0 Å². The summed E-state index contributed by atoms with van der Waals surface area (Å²) in [5, 5.41) is 3.58. The van der Waals surface area contributed by atoms with Gasteiger partial charge >= 0.3 is 0 Å². The van der Waals surface area contributed by atoms with Crippen LogP contribution in [-0.2, 0) is 6.42 Å². The fourth-order valence-electron chi connectivity index (χ4n) is 2.55. The second-order valence-electron chi connectivity index (χ2n) is 5.59. The number of anilines is 1. The molecule has 2 aromatic rings. The molecule has 0 aliphatic carbocycles. The molecule has 1 N–H and O–H groups in total. The van der Waals surface area contributed by atoms with Crippen LogP contribution in [0.4, 0.5) is 5.69 Å². The van der Waals surface area contributed by atoms with Crippen LogP contribution in [0.2, 0.25) is 0 Å². The fourth-order valence-corrected chi connectivity index (χ4v) is 2.55. The molecule has 110 valence electrons. The first-order chi connectivity index (χ1) is 10.2. The van der Waals surface area contributed by atoms with E-state index in [1.165, 1.54) is 16.8 Å². The van der Waals surface area contributed by atoms with E-state index in [9.17, 15) is 0 Å². The minimum Gasteiger partial charge on any atom is -0.454 e. The summed E-state index contributed by atoms with van der Waals surface area (Å²) in [6.07, 6.45) is 2.10. The Morgan fingerprint density at radius 2 is 1.90 bits per heavy atom. The van der Waals surface area contributed by atoms with E-state index in [4.69, 9.17) is 9.47 Å². The second-order valence-corrected chi connectivity index (χ2v) is 5.59. The molecule has 1 heterocycles. The van der Waals surface area contributed by atoms with Crippen LogP contribution in [0.5, 0.6) is 11.5 Å². The maximum Gasteiger partial charge on any atom is 0.231 e. The fraction of sp³-hybridized carbons (Fsp3) is 0.333. The quantitative estimate of drug-likeness (QED) is 0.894. The van der Waals surface area contributed by atoms with Crippen molar-refractivity contribution < 1.29 is 9.47 Å². The molecule has 0 amide bonds. The number of nitrogens with one attached hydrogen (secondary N) is 1. The Bertz CT molecular complexity index is 624. The molecule has 0 spiro atoms. The number of fused-ring (bicyclic) bond motifs is 1. The molecule has 0 radical (unpaired) electrons. The molecule has 3 nitrogen and oxygen atoms in total. The van der Waals surface area contributed by atoms with Gasteiger partial charge in [0.05, 0.1) is 0 Å². The predicted octanol–water partition coefficient (Wildman–Crippen LogP) is 4.16. The van der Waals surface area contributed by atoms with Crippen molar-refractivity contribution in [3.05, 3.63) is 53.6 Å².